The van der Waals surface area contributed by atoms with Crippen molar-refractivity contribution in [2.24, 2.45) is 28.9 Å². The van der Waals surface area contributed by atoms with Crippen molar-refractivity contribution < 1.29 is 4.79 Å². The highest BCUT2D eigenvalue weighted by atomic mass is 16.1. The van der Waals surface area contributed by atoms with Gasteiger partial charge in [-0.25, -0.2) is 0 Å². The molecule has 0 aliphatic heterocycles. The molecule has 0 fully saturated rings. The highest BCUT2D eigenvalue weighted by Crippen LogP contribution is 2.39. The third-order valence-corrected chi connectivity index (χ3v) is 2.92. The first-order valence-electron chi connectivity index (χ1n) is 6.49. The van der Waals surface area contributed by atoms with Gasteiger partial charge in [-0.05, 0) is 37.0 Å². The van der Waals surface area contributed by atoms with Crippen molar-refractivity contribution in [2.75, 3.05) is 0 Å². The molecule has 16 heavy (non-hydrogen) atoms. The van der Waals surface area contributed by atoms with Gasteiger partial charge in [0.2, 0.25) is 5.91 Å². The summed E-state index contributed by atoms with van der Waals surface area (Å²) in [6, 6.07) is 0. The first-order valence-corrected chi connectivity index (χ1v) is 6.49. The lowest BCUT2D eigenvalue weighted by atomic mass is 9.69. The fourth-order valence-corrected chi connectivity index (χ4v) is 2.90. The lowest BCUT2D eigenvalue weighted by molar-refractivity contribution is -0.130. The van der Waals surface area contributed by atoms with Crippen LogP contribution in [0.2, 0.25) is 0 Å². The maximum absolute atomic E-state index is 11.9. The van der Waals surface area contributed by atoms with E-state index in [-0.39, 0.29) is 11.3 Å². The van der Waals surface area contributed by atoms with E-state index in [1.54, 1.807) is 0 Å². The van der Waals surface area contributed by atoms with E-state index in [1.165, 1.54) is 0 Å². The molecule has 0 aromatic carbocycles. The molecule has 0 atom stereocenters. The van der Waals surface area contributed by atoms with Crippen molar-refractivity contribution in [3.05, 3.63) is 0 Å². The molecular formula is C14H29NO. The fraction of sp³-hybridized carbons (Fsp3) is 0.929. The maximum Gasteiger partial charge on any atom is 0.223 e. The lowest BCUT2D eigenvalue weighted by Crippen LogP contribution is -2.40. The van der Waals surface area contributed by atoms with Gasteiger partial charge in [0.15, 0.2) is 0 Å². The van der Waals surface area contributed by atoms with Crippen LogP contribution in [0.15, 0.2) is 0 Å². The predicted molar refractivity (Wildman–Crippen MR) is 70.0 cm³/mol. The molecule has 0 bridgehead atoms. The van der Waals surface area contributed by atoms with Crippen LogP contribution in [0.4, 0.5) is 0 Å². The Morgan fingerprint density at radius 3 is 1.25 bits per heavy atom. The second-order valence-electron chi connectivity index (χ2n) is 6.44. The molecule has 0 radical (unpaired) electrons. The summed E-state index contributed by atoms with van der Waals surface area (Å²) < 4.78 is 0. The molecule has 0 saturated heterocycles. The minimum atomic E-state index is -0.295. The Bertz CT molecular complexity index is 192. The van der Waals surface area contributed by atoms with Crippen molar-refractivity contribution >= 4 is 5.91 Å². The van der Waals surface area contributed by atoms with Crippen LogP contribution in [-0.2, 0) is 4.79 Å². The molecule has 0 aliphatic rings. The highest BCUT2D eigenvalue weighted by molar-refractivity contribution is 5.80. The minimum Gasteiger partial charge on any atom is -0.369 e. The number of carbonyl (C=O) groups is 1. The zero-order valence-corrected chi connectivity index (χ0v) is 11.8. The average molecular weight is 227 g/mol. The van der Waals surface area contributed by atoms with Crippen LogP contribution < -0.4 is 5.73 Å². The van der Waals surface area contributed by atoms with Gasteiger partial charge in [-0.2, -0.15) is 0 Å². The standard InChI is InChI=1S/C14H29NO/c1-10(2)7-14(13(15)16,8-11(3)4)9-12(5)6/h10-12H,7-9H2,1-6H3,(H2,15,16). The van der Waals surface area contributed by atoms with Crippen molar-refractivity contribution in [3.8, 4) is 0 Å². The maximum atomic E-state index is 11.9. The first kappa shape index (κ1) is 15.5. The Balaban J connectivity index is 4.96. The molecule has 0 heterocycles. The number of amides is 1. The van der Waals surface area contributed by atoms with Crippen molar-refractivity contribution in [1.29, 1.82) is 0 Å². The average Bonchev–Trinajstić information content (AvgIpc) is 1.98. The number of primary amides is 1. The second kappa shape index (κ2) is 6.27. The molecule has 0 aromatic rings. The van der Waals surface area contributed by atoms with Gasteiger partial charge in [-0.3, -0.25) is 4.79 Å². The van der Waals surface area contributed by atoms with Crippen LogP contribution >= 0.6 is 0 Å². The summed E-state index contributed by atoms with van der Waals surface area (Å²) in [5.41, 5.74) is 5.38. The molecule has 0 spiro atoms. The number of rotatable bonds is 7. The molecule has 0 aliphatic carbocycles. The molecule has 1 amide bonds. The molecule has 0 saturated carbocycles. The van der Waals surface area contributed by atoms with Crippen molar-refractivity contribution in [2.45, 2.75) is 60.8 Å². The molecule has 2 nitrogen and oxygen atoms in total. The Labute approximate surface area is 101 Å². The third-order valence-electron chi connectivity index (χ3n) is 2.92. The fourth-order valence-electron chi connectivity index (χ4n) is 2.90. The number of nitrogens with two attached hydrogens (primary N) is 1. The molecule has 2 heteroatoms. The normalized spacial score (nSPS) is 12.8. The van der Waals surface area contributed by atoms with Crippen LogP contribution in [0.25, 0.3) is 0 Å². The topological polar surface area (TPSA) is 43.1 Å². The van der Waals surface area contributed by atoms with E-state index in [4.69, 9.17) is 5.73 Å². The Morgan fingerprint density at radius 1 is 0.875 bits per heavy atom. The summed E-state index contributed by atoms with van der Waals surface area (Å²) in [6.07, 6.45) is 2.75. The van der Waals surface area contributed by atoms with Gasteiger partial charge < -0.3 is 5.73 Å². The van der Waals surface area contributed by atoms with Crippen LogP contribution in [0, 0.1) is 23.2 Å². The van der Waals surface area contributed by atoms with Gasteiger partial charge in [-0.1, -0.05) is 41.5 Å². The zero-order chi connectivity index (χ0) is 12.9. The van der Waals surface area contributed by atoms with Crippen LogP contribution in [0.1, 0.15) is 60.8 Å². The minimum absolute atomic E-state index is 0.108. The largest absolute Gasteiger partial charge is 0.369 e. The second-order valence-corrected chi connectivity index (χ2v) is 6.44. The summed E-state index contributed by atoms with van der Waals surface area (Å²) in [7, 11) is 0. The molecule has 0 rings (SSSR count). The first-order chi connectivity index (χ1) is 7.19. The lowest BCUT2D eigenvalue weighted by Gasteiger charge is -2.35. The van der Waals surface area contributed by atoms with Crippen LogP contribution in [0.3, 0.4) is 0 Å². The summed E-state index contributed by atoms with van der Waals surface area (Å²) in [4.78, 5) is 11.9. The summed E-state index contributed by atoms with van der Waals surface area (Å²) in [5.74, 6) is 1.45. The van der Waals surface area contributed by atoms with E-state index < -0.39 is 0 Å². The van der Waals surface area contributed by atoms with Gasteiger partial charge in [0.05, 0.1) is 0 Å². The molecule has 96 valence electrons. The van der Waals surface area contributed by atoms with Gasteiger partial charge in [0, 0.05) is 5.41 Å². The third kappa shape index (κ3) is 5.00. The molecule has 0 aromatic heterocycles. The number of carbonyl (C=O) groups excluding carboxylic acids is 1. The van der Waals surface area contributed by atoms with Gasteiger partial charge in [-0.15, -0.1) is 0 Å². The Hall–Kier alpha value is -0.530. The highest BCUT2D eigenvalue weighted by Gasteiger charge is 2.38. The summed E-state index contributed by atoms with van der Waals surface area (Å²) in [5, 5.41) is 0. The monoisotopic (exact) mass is 227 g/mol. The summed E-state index contributed by atoms with van der Waals surface area (Å²) >= 11 is 0. The van der Waals surface area contributed by atoms with E-state index in [1.807, 2.05) is 0 Å². The molecule has 0 unspecified atom stereocenters. The zero-order valence-electron chi connectivity index (χ0n) is 11.8. The van der Waals surface area contributed by atoms with Crippen molar-refractivity contribution in [3.63, 3.8) is 0 Å². The van der Waals surface area contributed by atoms with E-state index in [9.17, 15) is 4.79 Å². The van der Waals surface area contributed by atoms with Crippen LogP contribution in [0.5, 0.6) is 0 Å². The van der Waals surface area contributed by atoms with E-state index >= 15 is 0 Å². The van der Waals surface area contributed by atoms with Gasteiger partial charge >= 0.3 is 0 Å². The molecule has 2 N–H and O–H groups in total. The molecular weight excluding hydrogens is 198 g/mol. The Kier molecular flexibility index (Phi) is 6.06. The van der Waals surface area contributed by atoms with E-state index in [0.717, 1.165) is 19.3 Å². The van der Waals surface area contributed by atoms with Crippen LogP contribution in [-0.4, -0.2) is 5.91 Å². The number of hydrogen-bond donors (Lipinski definition) is 1. The van der Waals surface area contributed by atoms with E-state index in [0.29, 0.717) is 17.8 Å². The quantitative estimate of drug-likeness (QED) is 0.709. The number of hydrogen-bond acceptors (Lipinski definition) is 1. The summed E-state index contributed by atoms with van der Waals surface area (Å²) in [6.45, 7) is 13.0. The van der Waals surface area contributed by atoms with Crippen molar-refractivity contribution in [1.82, 2.24) is 0 Å². The SMILES string of the molecule is CC(C)CC(CC(C)C)(CC(C)C)C(N)=O. The van der Waals surface area contributed by atoms with Gasteiger partial charge in [0.25, 0.3) is 0 Å². The smallest absolute Gasteiger partial charge is 0.223 e. The van der Waals surface area contributed by atoms with E-state index in [2.05, 4.69) is 41.5 Å². The Morgan fingerprint density at radius 2 is 1.12 bits per heavy atom. The van der Waals surface area contributed by atoms with Gasteiger partial charge in [0.1, 0.15) is 0 Å². The predicted octanol–water partition coefficient (Wildman–Crippen LogP) is 3.60.